The van der Waals surface area contributed by atoms with Gasteiger partial charge >= 0.3 is 5.97 Å². The highest BCUT2D eigenvalue weighted by atomic mass is 16.6. The maximum absolute atomic E-state index is 10.5. The van der Waals surface area contributed by atoms with E-state index in [0.29, 0.717) is 13.0 Å². The monoisotopic (exact) mass is 160 g/mol. The van der Waals surface area contributed by atoms with Gasteiger partial charge in [-0.05, 0) is 12.8 Å². The quantitative estimate of drug-likeness (QED) is 0.550. The third-order valence-electron chi connectivity index (χ3n) is 1.56. The van der Waals surface area contributed by atoms with E-state index >= 15 is 0 Å². The van der Waals surface area contributed by atoms with Gasteiger partial charge in [-0.3, -0.25) is 4.79 Å². The average molecular weight is 160 g/mol. The number of aliphatic hydroxyl groups excluding tert-OH is 1. The van der Waals surface area contributed by atoms with Crippen LogP contribution in [0.5, 0.6) is 0 Å². The molecule has 0 amide bonds. The third kappa shape index (κ3) is 2.48. The smallest absolute Gasteiger partial charge is 0.303 e. The molecule has 1 N–H and O–H groups in total. The predicted octanol–water partition coefficient (Wildman–Crippen LogP) is 0.0469. The van der Waals surface area contributed by atoms with Crippen molar-refractivity contribution in [1.82, 2.24) is 0 Å². The lowest BCUT2D eigenvalue weighted by Crippen LogP contribution is -2.36. The van der Waals surface area contributed by atoms with Gasteiger partial charge in [-0.1, -0.05) is 0 Å². The Morgan fingerprint density at radius 2 is 2.45 bits per heavy atom. The van der Waals surface area contributed by atoms with E-state index in [2.05, 4.69) is 0 Å². The molecule has 1 saturated heterocycles. The van der Waals surface area contributed by atoms with Crippen LogP contribution in [0.25, 0.3) is 0 Å². The first-order chi connectivity index (χ1) is 5.20. The molecule has 0 radical (unpaired) electrons. The first kappa shape index (κ1) is 8.49. The molecule has 1 aliphatic rings. The van der Waals surface area contributed by atoms with Crippen LogP contribution in [0.15, 0.2) is 0 Å². The second-order valence-corrected chi connectivity index (χ2v) is 2.55. The molecule has 0 aromatic heterocycles. The van der Waals surface area contributed by atoms with Crippen LogP contribution in [0.4, 0.5) is 0 Å². The van der Waals surface area contributed by atoms with E-state index in [0.717, 1.165) is 6.42 Å². The fourth-order valence-electron chi connectivity index (χ4n) is 1.07. The number of rotatable bonds is 1. The summed E-state index contributed by atoms with van der Waals surface area (Å²) >= 11 is 0. The standard InChI is InChI=1S/C7H12O4/c1-5(8)11-6-3-2-4-10-7(6)9/h6-7,9H,2-4H2,1H3/t6-,7-/m1/s1. The van der Waals surface area contributed by atoms with Gasteiger partial charge in [0.15, 0.2) is 12.4 Å². The van der Waals surface area contributed by atoms with Gasteiger partial charge in [0.2, 0.25) is 0 Å². The molecule has 64 valence electrons. The van der Waals surface area contributed by atoms with Crippen LogP contribution in [-0.2, 0) is 14.3 Å². The van der Waals surface area contributed by atoms with Crippen molar-refractivity contribution < 1.29 is 19.4 Å². The van der Waals surface area contributed by atoms with Gasteiger partial charge in [-0.2, -0.15) is 0 Å². The van der Waals surface area contributed by atoms with Crippen LogP contribution in [0.1, 0.15) is 19.8 Å². The fraction of sp³-hybridized carbons (Fsp3) is 0.857. The summed E-state index contributed by atoms with van der Waals surface area (Å²) in [4.78, 5) is 10.5. The molecule has 1 heterocycles. The molecule has 0 aromatic carbocycles. The van der Waals surface area contributed by atoms with E-state index in [4.69, 9.17) is 14.6 Å². The van der Waals surface area contributed by atoms with Crippen molar-refractivity contribution in [1.29, 1.82) is 0 Å². The first-order valence-electron chi connectivity index (χ1n) is 3.67. The Labute approximate surface area is 65.1 Å². The molecule has 11 heavy (non-hydrogen) atoms. The summed E-state index contributed by atoms with van der Waals surface area (Å²) < 4.78 is 9.66. The molecule has 0 aliphatic carbocycles. The zero-order valence-electron chi connectivity index (χ0n) is 6.45. The number of ether oxygens (including phenoxy) is 2. The van der Waals surface area contributed by atoms with E-state index in [1.807, 2.05) is 0 Å². The number of carbonyl (C=O) groups excluding carboxylic acids is 1. The SMILES string of the molecule is CC(=O)O[C@@H]1CCCO[C@H]1O. The largest absolute Gasteiger partial charge is 0.457 e. The molecule has 1 aliphatic heterocycles. The van der Waals surface area contributed by atoms with Gasteiger partial charge in [-0.25, -0.2) is 0 Å². The Morgan fingerprint density at radius 3 is 3.00 bits per heavy atom. The second kappa shape index (κ2) is 3.69. The third-order valence-corrected chi connectivity index (χ3v) is 1.56. The van der Waals surface area contributed by atoms with E-state index in [-0.39, 0.29) is 5.97 Å². The summed E-state index contributed by atoms with van der Waals surface area (Å²) in [6.07, 6.45) is 0.101. The number of hydrogen-bond acceptors (Lipinski definition) is 4. The van der Waals surface area contributed by atoms with Crippen molar-refractivity contribution in [2.24, 2.45) is 0 Å². The molecule has 4 heteroatoms. The van der Waals surface area contributed by atoms with Crippen molar-refractivity contribution in [2.45, 2.75) is 32.2 Å². The van der Waals surface area contributed by atoms with Gasteiger partial charge < -0.3 is 14.6 Å². The summed E-state index contributed by atoms with van der Waals surface area (Å²) in [5, 5.41) is 9.12. The van der Waals surface area contributed by atoms with Gasteiger partial charge in [0, 0.05) is 6.92 Å². The number of hydrogen-bond donors (Lipinski definition) is 1. The maximum Gasteiger partial charge on any atom is 0.303 e. The van der Waals surface area contributed by atoms with Crippen molar-refractivity contribution in [3.05, 3.63) is 0 Å². The lowest BCUT2D eigenvalue weighted by Gasteiger charge is -2.26. The topological polar surface area (TPSA) is 55.8 Å². The summed E-state index contributed by atoms with van der Waals surface area (Å²) in [5.41, 5.74) is 0. The Kier molecular flexibility index (Phi) is 2.84. The molecule has 4 nitrogen and oxygen atoms in total. The van der Waals surface area contributed by atoms with Crippen LogP contribution in [-0.4, -0.2) is 30.1 Å². The summed E-state index contributed by atoms with van der Waals surface area (Å²) in [6, 6.07) is 0. The van der Waals surface area contributed by atoms with E-state index in [1.165, 1.54) is 6.92 Å². The minimum absolute atomic E-state index is 0.375. The molecular formula is C7H12O4. The predicted molar refractivity (Wildman–Crippen MR) is 36.7 cm³/mol. The molecule has 2 atom stereocenters. The van der Waals surface area contributed by atoms with Crippen LogP contribution in [0.2, 0.25) is 0 Å². The lowest BCUT2D eigenvalue weighted by molar-refractivity contribution is -0.205. The molecule has 1 fully saturated rings. The molecular weight excluding hydrogens is 148 g/mol. The van der Waals surface area contributed by atoms with E-state index in [1.54, 1.807) is 0 Å². The molecule has 0 spiro atoms. The fourth-order valence-corrected chi connectivity index (χ4v) is 1.07. The molecule has 0 aromatic rings. The highest BCUT2D eigenvalue weighted by Gasteiger charge is 2.25. The normalized spacial score (nSPS) is 31.5. The Hall–Kier alpha value is -0.610. The molecule has 0 unspecified atom stereocenters. The number of esters is 1. The zero-order chi connectivity index (χ0) is 8.27. The van der Waals surface area contributed by atoms with E-state index < -0.39 is 12.4 Å². The zero-order valence-corrected chi connectivity index (χ0v) is 6.45. The first-order valence-corrected chi connectivity index (χ1v) is 3.67. The van der Waals surface area contributed by atoms with Crippen molar-refractivity contribution >= 4 is 5.97 Å². The Bertz CT molecular complexity index is 145. The molecule has 0 bridgehead atoms. The van der Waals surface area contributed by atoms with Crippen molar-refractivity contribution in [3.8, 4) is 0 Å². The number of carbonyl (C=O) groups is 1. The van der Waals surface area contributed by atoms with Crippen molar-refractivity contribution in [2.75, 3.05) is 6.61 Å². The van der Waals surface area contributed by atoms with Gasteiger partial charge in [0.1, 0.15) is 0 Å². The Balaban J connectivity index is 2.35. The van der Waals surface area contributed by atoms with Crippen LogP contribution >= 0.6 is 0 Å². The van der Waals surface area contributed by atoms with Crippen LogP contribution in [0.3, 0.4) is 0 Å². The highest BCUT2D eigenvalue weighted by molar-refractivity contribution is 5.66. The lowest BCUT2D eigenvalue weighted by atomic mass is 10.1. The minimum Gasteiger partial charge on any atom is -0.457 e. The van der Waals surface area contributed by atoms with Gasteiger partial charge in [0.05, 0.1) is 6.61 Å². The Morgan fingerprint density at radius 1 is 1.73 bits per heavy atom. The average Bonchev–Trinajstić information content (AvgIpc) is 1.93. The van der Waals surface area contributed by atoms with Gasteiger partial charge in [0.25, 0.3) is 0 Å². The summed E-state index contributed by atoms with van der Waals surface area (Å²) in [6.45, 7) is 1.86. The minimum atomic E-state index is -0.937. The second-order valence-electron chi connectivity index (χ2n) is 2.55. The van der Waals surface area contributed by atoms with Crippen LogP contribution < -0.4 is 0 Å². The molecule has 0 saturated carbocycles. The summed E-state index contributed by atoms with van der Waals surface area (Å²) in [5.74, 6) is -0.375. The number of aliphatic hydroxyl groups is 1. The van der Waals surface area contributed by atoms with Crippen molar-refractivity contribution in [3.63, 3.8) is 0 Å². The maximum atomic E-state index is 10.5. The molecule has 1 rings (SSSR count). The van der Waals surface area contributed by atoms with Crippen LogP contribution in [0, 0.1) is 0 Å². The summed E-state index contributed by atoms with van der Waals surface area (Å²) in [7, 11) is 0. The highest BCUT2D eigenvalue weighted by Crippen LogP contribution is 2.14. The van der Waals surface area contributed by atoms with Gasteiger partial charge in [-0.15, -0.1) is 0 Å². The van der Waals surface area contributed by atoms with E-state index in [9.17, 15) is 4.79 Å².